The van der Waals surface area contributed by atoms with Crippen molar-refractivity contribution in [3.8, 4) is 11.1 Å². The number of amides is 2. The lowest BCUT2D eigenvalue weighted by Crippen LogP contribution is -2.47. The zero-order valence-electron chi connectivity index (χ0n) is 18.9. The van der Waals surface area contributed by atoms with Crippen molar-refractivity contribution in [1.29, 1.82) is 0 Å². The lowest BCUT2D eigenvalue weighted by atomic mass is 9.98. The Morgan fingerprint density at radius 1 is 1.00 bits per heavy atom. The summed E-state index contributed by atoms with van der Waals surface area (Å²) in [6.45, 7) is 2.19. The second kappa shape index (κ2) is 11.5. The summed E-state index contributed by atoms with van der Waals surface area (Å²) < 4.78 is 10.4. The Hall–Kier alpha value is -3.39. The molecule has 1 aliphatic carbocycles. The monoisotopic (exact) mass is 454 g/mol. The molecule has 8 nitrogen and oxygen atoms in total. The topological polar surface area (TPSA) is 114 Å². The number of methoxy groups -OCH3 is 1. The van der Waals surface area contributed by atoms with E-state index in [4.69, 9.17) is 14.6 Å². The molecule has 0 bridgehead atoms. The Bertz CT molecular complexity index is 947. The number of alkyl carbamates (subject to hydrolysis) is 1. The van der Waals surface area contributed by atoms with Crippen LogP contribution >= 0.6 is 0 Å². The second-order valence-corrected chi connectivity index (χ2v) is 7.95. The number of nitrogens with one attached hydrogen (secondary N) is 2. The van der Waals surface area contributed by atoms with Crippen molar-refractivity contribution in [2.24, 2.45) is 0 Å². The minimum absolute atomic E-state index is 0.0661. The number of aliphatic carboxylic acids is 1. The summed E-state index contributed by atoms with van der Waals surface area (Å²) in [4.78, 5) is 36.1. The maximum Gasteiger partial charge on any atom is 0.407 e. The number of carboxylic acids is 1. The van der Waals surface area contributed by atoms with E-state index in [-0.39, 0.29) is 31.4 Å². The first-order chi connectivity index (χ1) is 16.0. The fraction of sp³-hybridized carbons (Fsp3) is 0.400. The molecule has 0 spiro atoms. The number of carbonyl (C=O) groups is 3. The summed E-state index contributed by atoms with van der Waals surface area (Å²) in [6.07, 6.45) is -0.419. The van der Waals surface area contributed by atoms with Crippen LogP contribution in [-0.2, 0) is 19.1 Å². The molecular weight excluding hydrogens is 424 g/mol. The molecule has 1 unspecified atom stereocenters. The molecule has 0 aromatic heterocycles. The largest absolute Gasteiger partial charge is 0.479 e. The fourth-order valence-corrected chi connectivity index (χ4v) is 4.13. The third-order valence-electron chi connectivity index (χ3n) is 5.80. The van der Waals surface area contributed by atoms with Gasteiger partial charge in [-0.2, -0.15) is 0 Å². The molecule has 0 heterocycles. The van der Waals surface area contributed by atoms with Crippen molar-refractivity contribution in [2.45, 2.75) is 44.2 Å². The van der Waals surface area contributed by atoms with Gasteiger partial charge in [-0.1, -0.05) is 61.9 Å². The van der Waals surface area contributed by atoms with Gasteiger partial charge in [-0.15, -0.1) is 0 Å². The SMILES string of the molecule is CCC[C@H](NC(=O)OCC1c2ccccc2-c2ccccc21)C(=O)NCCC(OC)C(=O)O. The highest BCUT2D eigenvalue weighted by Crippen LogP contribution is 2.44. The van der Waals surface area contributed by atoms with E-state index in [1.165, 1.54) is 7.11 Å². The van der Waals surface area contributed by atoms with Gasteiger partial charge in [0.15, 0.2) is 6.10 Å². The van der Waals surface area contributed by atoms with Gasteiger partial charge < -0.3 is 25.2 Å². The van der Waals surface area contributed by atoms with E-state index in [9.17, 15) is 14.4 Å². The molecule has 0 aliphatic heterocycles. The average molecular weight is 455 g/mol. The van der Waals surface area contributed by atoms with E-state index in [1.54, 1.807) is 0 Å². The first kappa shape index (κ1) is 24.3. The third-order valence-corrected chi connectivity index (χ3v) is 5.80. The molecule has 0 saturated carbocycles. The molecule has 1 aliphatic rings. The van der Waals surface area contributed by atoms with Crippen LogP contribution in [0.1, 0.15) is 43.2 Å². The van der Waals surface area contributed by atoms with Gasteiger partial charge in [0, 0.05) is 26.0 Å². The van der Waals surface area contributed by atoms with Crippen LogP contribution in [0.4, 0.5) is 4.79 Å². The fourth-order valence-electron chi connectivity index (χ4n) is 4.13. The zero-order valence-corrected chi connectivity index (χ0v) is 18.9. The van der Waals surface area contributed by atoms with Gasteiger partial charge >= 0.3 is 12.1 Å². The summed E-state index contributed by atoms with van der Waals surface area (Å²) in [5, 5.41) is 14.3. The molecular formula is C25H30N2O6. The highest BCUT2D eigenvalue weighted by atomic mass is 16.5. The zero-order chi connectivity index (χ0) is 23.8. The summed E-state index contributed by atoms with van der Waals surface area (Å²) in [6, 6.07) is 15.4. The lowest BCUT2D eigenvalue weighted by Gasteiger charge is -2.20. The molecule has 0 saturated heterocycles. The summed E-state index contributed by atoms with van der Waals surface area (Å²) >= 11 is 0. The van der Waals surface area contributed by atoms with Gasteiger partial charge in [-0.05, 0) is 28.7 Å². The molecule has 33 heavy (non-hydrogen) atoms. The van der Waals surface area contributed by atoms with Gasteiger partial charge in [0.25, 0.3) is 0 Å². The highest BCUT2D eigenvalue weighted by Gasteiger charge is 2.29. The molecule has 2 aromatic rings. The summed E-state index contributed by atoms with van der Waals surface area (Å²) in [5.74, 6) is -1.54. The van der Waals surface area contributed by atoms with E-state index >= 15 is 0 Å². The average Bonchev–Trinajstić information content (AvgIpc) is 3.13. The summed E-state index contributed by atoms with van der Waals surface area (Å²) in [7, 11) is 1.30. The molecule has 176 valence electrons. The molecule has 3 N–H and O–H groups in total. The van der Waals surface area contributed by atoms with E-state index < -0.39 is 24.2 Å². The quantitative estimate of drug-likeness (QED) is 0.480. The van der Waals surface area contributed by atoms with Gasteiger partial charge in [0.2, 0.25) is 5.91 Å². The molecule has 2 amide bonds. The highest BCUT2D eigenvalue weighted by molar-refractivity contribution is 5.85. The van der Waals surface area contributed by atoms with Crippen molar-refractivity contribution in [2.75, 3.05) is 20.3 Å². The minimum atomic E-state index is -1.09. The standard InChI is InChI=1S/C25H30N2O6/c1-3-8-21(23(28)26-14-13-22(32-2)24(29)30)27-25(31)33-15-20-18-11-6-4-9-16(18)17-10-5-7-12-19(17)20/h4-7,9-12,20-22H,3,8,13-15H2,1-2H3,(H,26,28)(H,27,31)(H,29,30)/t21-,22?/m0/s1. The smallest absolute Gasteiger partial charge is 0.407 e. The van der Waals surface area contributed by atoms with Crippen LogP contribution < -0.4 is 10.6 Å². The van der Waals surface area contributed by atoms with E-state index in [0.717, 1.165) is 22.3 Å². The number of fused-ring (bicyclic) bond motifs is 3. The maximum absolute atomic E-state index is 12.5. The first-order valence-electron chi connectivity index (χ1n) is 11.1. The van der Waals surface area contributed by atoms with E-state index in [1.807, 2.05) is 43.3 Å². The molecule has 2 atom stereocenters. The maximum atomic E-state index is 12.5. The lowest BCUT2D eigenvalue weighted by molar-refractivity contribution is -0.149. The minimum Gasteiger partial charge on any atom is -0.479 e. The van der Waals surface area contributed by atoms with Crippen LogP contribution in [0, 0.1) is 0 Å². The predicted octanol–water partition coefficient (Wildman–Crippen LogP) is 3.30. The number of ether oxygens (including phenoxy) is 2. The van der Waals surface area contributed by atoms with Crippen LogP contribution in [-0.4, -0.2) is 55.5 Å². The normalized spacial score (nSPS) is 14.0. The van der Waals surface area contributed by atoms with Crippen molar-refractivity contribution < 1.29 is 29.0 Å². The predicted molar refractivity (Wildman–Crippen MR) is 123 cm³/mol. The third kappa shape index (κ3) is 5.90. The Morgan fingerprint density at radius 2 is 1.61 bits per heavy atom. The Balaban J connectivity index is 1.56. The van der Waals surface area contributed by atoms with Crippen LogP contribution in [0.2, 0.25) is 0 Å². The van der Waals surface area contributed by atoms with Crippen LogP contribution in [0.3, 0.4) is 0 Å². The van der Waals surface area contributed by atoms with Crippen LogP contribution in [0.25, 0.3) is 11.1 Å². The molecule has 3 rings (SSSR count). The van der Waals surface area contributed by atoms with Gasteiger partial charge in [0.1, 0.15) is 12.6 Å². The van der Waals surface area contributed by atoms with Crippen LogP contribution in [0.15, 0.2) is 48.5 Å². The van der Waals surface area contributed by atoms with E-state index in [0.29, 0.717) is 12.8 Å². The Morgan fingerprint density at radius 3 is 2.15 bits per heavy atom. The Labute approximate surface area is 193 Å². The number of carboxylic acid groups (broad SMARTS) is 1. The van der Waals surface area contributed by atoms with Crippen molar-refractivity contribution in [1.82, 2.24) is 10.6 Å². The van der Waals surface area contributed by atoms with Crippen molar-refractivity contribution >= 4 is 18.0 Å². The number of hydrogen-bond donors (Lipinski definition) is 3. The number of carbonyl (C=O) groups excluding carboxylic acids is 2. The Kier molecular flexibility index (Phi) is 8.43. The number of benzene rings is 2. The van der Waals surface area contributed by atoms with Crippen molar-refractivity contribution in [3.05, 3.63) is 59.7 Å². The molecule has 0 radical (unpaired) electrons. The van der Waals surface area contributed by atoms with Gasteiger partial charge in [-0.25, -0.2) is 9.59 Å². The number of hydrogen-bond acceptors (Lipinski definition) is 5. The first-order valence-corrected chi connectivity index (χ1v) is 11.1. The van der Waals surface area contributed by atoms with E-state index in [2.05, 4.69) is 22.8 Å². The van der Waals surface area contributed by atoms with Gasteiger partial charge in [-0.3, -0.25) is 4.79 Å². The molecule has 2 aromatic carbocycles. The van der Waals surface area contributed by atoms with Crippen LogP contribution in [0.5, 0.6) is 0 Å². The summed E-state index contributed by atoms with van der Waals surface area (Å²) in [5.41, 5.74) is 4.50. The second-order valence-electron chi connectivity index (χ2n) is 7.95. The molecule has 8 heteroatoms. The van der Waals surface area contributed by atoms with Crippen molar-refractivity contribution in [3.63, 3.8) is 0 Å². The molecule has 0 fully saturated rings. The number of rotatable bonds is 11. The van der Waals surface area contributed by atoms with Gasteiger partial charge in [0.05, 0.1) is 0 Å².